The first-order chi connectivity index (χ1) is 59.8. The second-order valence-electron chi connectivity index (χ2n) is 37.2. The van der Waals surface area contributed by atoms with Crippen LogP contribution in [-0.2, 0) is 61.9 Å². The van der Waals surface area contributed by atoms with E-state index in [1.807, 2.05) is 0 Å². The summed E-state index contributed by atoms with van der Waals surface area (Å²) in [7, 11) is 0. The van der Waals surface area contributed by atoms with Crippen LogP contribution in [0.4, 0.5) is 0 Å². The Morgan fingerprint density at radius 3 is 0.650 bits per heavy atom. The predicted octanol–water partition coefficient (Wildman–Crippen LogP) is 25.3. The zero-order valence-electron chi connectivity index (χ0n) is 79.8. The lowest BCUT2D eigenvalue weighted by Gasteiger charge is -2.62. The number of unbranched alkanes of at least 4 members (excludes halogenated alkanes) is 70. The fourth-order valence-corrected chi connectivity index (χ4v) is 17.7. The van der Waals surface area contributed by atoms with E-state index >= 15 is 19.2 Å². The summed E-state index contributed by atoms with van der Waals surface area (Å²) in [6.07, 6.45) is 65.8. The van der Waals surface area contributed by atoms with Crippen LogP contribution < -0.4 is 0 Å². The molecule has 2 saturated heterocycles. The van der Waals surface area contributed by atoms with Crippen molar-refractivity contribution in [1.29, 1.82) is 0 Å². The normalized spacial score (nSPS) is 22.0. The van der Waals surface area contributed by atoms with Crippen LogP contribution in [0.1, 0.15) is 548 Å². The van der Waals surface area contributed by atoms with Crippen molar-refractivity contribution in [3.05, 3.63) is 0 Å². The molecule has 21 heteroatoms. The average Bonchev–Trinajstić information content (AvgIpc) is 1.24. The minimum atomic E-state index is -4.72. The molecule has 726 valence electrons. The fraction of sp³-hybridized carbons (Fsp3) is 0.951. The maximum absolute atomic E-state index is 15.2. The molecule has 2 fully saturated rings. The highest BCUT2D eigenvalue weighted by molar-refractivity contribution is 5.74. The number of carbonyl (C=O) groups is 5. The van der Waals surface area contributed by atoms with Crippen molar-refractivity contribution in [2.45, 2.75) is 602 Å². The molecule has 2 aliphatic heterocycles. The summed E-state index contributed by atoms with van der Waals surface area (Å²) in [5.41, 5.74) is 0. The zero-order chi connectivity index (χ0) is 90.0. The molecule has 8 N–H and O–H groups in total. The predicted molar refractivity (Wildman–Crippen MR) is 492 cm³/mol. The van der Waals surface area contributed by atoms with Gasteiger partial charge in [0.05, 0.1) is 6.61 Å². The topological polar surface area (TPSA) is 321 Å². The third kappa shape index (κ3) is 49.1. The van der Waals surface area contributed by atoms with Crippen LogP contribution in [0.25, 0.3) is 0 Å². The minimum absolute atomic E-state index is 0.0703. The van der Waals surface area contributed by atoms with Gasteiger partial charge in [0.2, 0.25) is 5.79 Å². The fourth-order valence-electron chi connectivity index (χ4n) is 17.7. The average molecular weight is 1750 g/mol. The highest BCUT2D eigenvalue weighted by atomic mass is 17.0. The Bertz CT molecular complexity index is 2510. The summed E-state index contributed by atoms with van der Waals surface area (Å²) in [6.45, 7) is 6.50. The van der Waals surface area contributed by atoms with Gasteiger partial charge >= 0.3 is 59.0 Å². The Morgan fingerprint density at radius 2 is 0.447 bits per heavy atom. The van der Waals surface area contributed by atoms with Crippen LogP contribution in [0.15, 0.2) is 0 Å². The standard InChI is InChI=1S/C102H192O21/c1-6-11-16-21-26-31-36-41-46-51-56-61-66-71-76-81-90(106)117-98(88-105)99(113,118-91(107)82-77-72-67-62-57-52-47-42-37-32-27-22-17-12-7-2)100(114,119-92(108)83-78-73-68-63-58-53-48-43-38-33-28-23-18-13-8-3)101(115,120-93(109)84-79-74-69-64-59-54-49-44-39-34-29-24-19-14-9-4)102(123-98,122-97(87-104)96(112)95(111)89(86-103)116-97)121-94(110)85-80-75-70-65-60-55-50-45-40-35-30-25-20-15-10-5/h89,95-96,103-105,111-115H,6-88H2,1-5H3/t89-,95-,96+,97?,98-,99+,100-,101+,102+/m1/s1. The molecule has 2 heterocycles. The van der Waals surface area contributed by atoms with Crippen LogP contribution in [0.5, 0.6) is 0 Å². The zero-order valence-corrected chi connectivity index (χ0v) is 79.8. The van der Waals surface area contributed by atoms with Crippen molar-refractivity contribution in [2.75, 3.05) is 19.8 Å². The first-order valence-corrected chi connectivity index (χ1v) is 52.3. The van der Waals surface area contributed by atoms with E-state index in [1.54, 1.807) is 0 Å². The largest absolute Gasteiger partial charge is 0.423 e. The molecular formula is C102H192O21. The first-order valence-electron chi connectivity index (χ1n) is 52.3. The summed E-state index contributed by atoms with van der Waals surface area (Å²) in [5, 5.41) is 101. The molecule has 0 aromatic carbocycles. The molecule has 0 amide bonds. The van der Waals surface area contributed by atoms with Gasteiger partial charge in [-0.25, -0.2) is 0 Å². The number of hydrogen-bond acceptors (Lipinski definition) is 21. The van der Waals surface area contributed by atoms with E-state index < -0.39 is 135 Å². The van der Waals surface area contributed by atoms with E-state index in [4.69, 9.17) is 37.9 Å². The van der Waals surface area contributed by atoms with Gasteiger partial charge in [-0.3, -0.25) is 33.4 Å². The summed E-state index contributed by atoms with van der Waals surface area (Å²) < 4.78 is 49.2. The SMILES string of the molecule is CCCCCCCCCCCCCCCCCC(=O)O[C@]1(CO)O[C@@](OC(=O)CCCCCCCCCCCCCCCCC)(OC2(CO)O[C@H](CO)[C@@H](O)[C@@H]2O)[C@@](O)(OC(=O)CCCCCCCCCCCCCCCCC)[C@](O)(OC(=O)CCCCCCCCCCCCCCCCC)[C@@]1(O)OC(=O)CCCCCCCCCCCCCCCCC. The van der Waals surface area contributed by atoms with Crippen molar-refractivity contribution in [1.82, 2.24) is 0 Å². The Morgan fingerprint density at radius 1 is 0.252 bits per heavy atom. The second-order valence-corrected chi connectivity index (χ2v) is 37.2. The lowest BCUT2D eigenvalue weighted by molar-refractivity contribution is -0.648. The number of aliphatic hydroxyl groups excluding tert-OH is 5. The van der Waals surface area contributed by atoms with Gasteiger partial charge in [0.15, 0.2) is 0 Å². The van der Waals surface area contributed by atoms with Gasteiger partial charge in [-0.15, -0.1) is 0 Å². The Hall–Kier alpha value is -3.09. The van der Waals surface area contributed by atoms with Gasteiger partial charge in [-0.1, -0.05) is 484 Å². The molecule has 2 aliphatic rings. The van der Waals surface area contributed by atoms with Crippen LogP contribution >= 0.6 is 0 Å². The van der Waals surface area contributed by atoms with Crippen molar-refractivity contribution in [2.24, 2.45) is 0 Å². The van der Waals surface area contributed by atoms with Crippen molar-refractivity contribution in [3.8, 4) is 0 Å². The first kappa shape index (κ1) is 116. The van der Waals surface area contributed by atoms with Crippen LogP contribution in [0, 0.1) is 0 Å². The smallest absolute Gasteiger partial charge is 0.412 e. The monoisotopic (exact) mass is 1750 g/mol. The highest BCUT2D eigenvalue weighted by Crippen LogP contribution is 2.59. The minimum Gasteiger partial charge on any atom is -0.423 e. The molecule has 123 heavy (non-hydrogen) atoms. The molecule has 0 spiro atoms. The van der Waals surface area contributed by atoms with E-state index in [-0.39, 0.29) is 32.1 Å². The Balaban J connectivity index is 2.88. The summed E-state index contributed by atoms with van der Waals surface area (Å²) in [4.78, 5) is 75.6. The van der Waals surface area contributed by atoms with Crippen LogP contribution in [0.2, 0.25) is 0 Å². The molecule has 0 saturated carbocycles. The summed E-state index contributed by atoms with van der Waals surface area (Å²) in [5.74, 6) is -32.6. The number of carbonyl (C=O) groups excluding carboxylic acids is 5. The van der Waals surface area contributed by atoms with E-state index in [1.165, 1.54) is 225 Å². The molecule has 0 radical (unpaired) electrons. The lowest BCUT2D eigenvalue weighted by atomic mass is 9.82. The second kappa shape index (κ2) is 75.6. The molecule has 0 bridgehead atoms. The van der Waals surface area contributed by atoms with Crippen molar-refractivity contribution in [3.63, 3.8) is 0 Å². The van der Waals surface area contributed by atoms with Crippen LogP contribution in [-0.4, -0.2) is 144 Å². The van der Waals surface area contributed by atoms with E-state index in [9.17, 15) is 45.6 Å². The molecule has 0 aromatic heterocycles. The molecule has 21 nitrogen and oxygen atoms in total. The lowest BCUT2D eigenvalue weighted by Crippen LogP contribution is -2.92. The number of hydrogen-bond donors (Lipinski definition) is 8. The Labute approximate surface area is 750 Å². The maximum atomic E-state index is 15.2. The van der Waals surface area contributed by atoms with E-state index in [2.05, 4.69) is 34.6 Å². The van der Waals surface area contributed by atoms with E-state index in [0.29, 0.717) is 64.2 Å². The summed E-state index contributed by atoms with van der Waals surface area (Å²) >= 11 is 0. The van der Waals surface area contributed by atoms with Gasteiger partial charge in [0.25, 0.3) is 0 Å². The third-order valence-electron chi connectivity index (χ3n) is 25.8. The van der Waals surface area contributed by atoms with E-state index in [0.717, 1.165) is 161 Å². The van der Waals surface area contributed by atoms with Gasteiger partial charge in [0.1, 0.15) is 31.5 Å². The van der Waals surface area contributed by atoms with Crippen molar-refractivity contribution < 1.29 is 103 Å². The maximum Gasteiger partial charge on any atom is 0.412 e. The third-order valence-corrected chi connectivity index (χ3v) is 25.8. The number of ether oxygens (including phenoxy) is 8. The number of rotatable bonds is 90. The molecule has 0 aliphatic carbocycles. The highest BCUT2D eigenvalue weighted by Gasteiger charge is 2.94. The van der Waals surface area contributed by atoms with Crippen molar-refractivity contribution >= 4 is 29.8 Å². The van der Waals surface area contributed by atoms with Gasteiger partial charge in [-0.05, 0) is 32.1 Å². The van der Waals surface area contributed by atoms with Gasteiger partial charge in [-0.2, -0.15) is 0 Å². The molecule has 0 aromatic rings. The Kier molecular flexibility index (Phi) is 71.3. The quantitative estimate of drug-likeness (QED) is 0.0121. The summed E-state index contributed by atoms with van der Waals surface area (Å²) in [6, 6.07) is 0. The molecule has 1 unspecified atom stereocenters. The van der Waals surface area contributed by atoms with Crippen LogP contribution in [0.3, 0.4) is 0 Å². The number of aliphatic hydroxyl groups is 8. The molecule has 9 atom stereocenters. The van der Waals surface area contributed by atoms with Gasteiger partial charge < -0.3 is 69.3 Å². The molecular weight excluding hydrogens is 1560 g/mol. The van der Waals surface area contributed by atoms with Gasteiger partial charge in [0, 0.05) is 32.1 Å². The molecule has 2 rings (SSSR count). The number of esters is 5.